The Kier molecular flexibility index (Phi) is 2.68. The first-order valence-corrected chi connectivity index (χ1v) is 10.2. The van der Waals surface area contributed by atoms with E-state index < -0.39 is 23.8 Å². The second kappa shape index (κ2) is 4.05. The predicted octanol–water partition coefficient (Wildman–Crippen LogP) is 1.65. The van der Waals surface area contributed by atoms with Gasteiger partial charge in [0.2, 0.25) is 0 Å². The van der Waals surface area contributed by atoms with E-state index in [0.717, 1.165) is 5.56 Å². The first-order valence-electron chi connectivity index (χ1n) is 5.91. The van der Waals surface area contributed by atoms with Crippen LogP contribution in [0.3, 0.4) is 0 Å². The summed E-state index contributed by atoms with van der Waals surface area (Å²) in [6, 6.07) is 4.96. The second-order valence-electron chi connectivity index (χ2n) is 4.92. The molecule has 0 spiro atoms. The van der Waals surface area contributed by atoms with Crippen LogP contribution in [0.15, 0.2) is 18.2 Å². The molecule has 20 heavy (non-hydrogen) atoms. The van der Waals surface area contributed by atoms with Gasteiger partial charge in [0.25, 0.3) is 0 Å². The van der Waals surface area contributed by atoms with Crippen LogP contribution >= 0.6 is 43.0 Å². The molecular formula is C12H10I2N2O4. The average molecular weight is 500 g/mol. The van der Waals surface area contributed by atoms with Crippen molar-refractivity contribution in [3.63, 3.8) is 0 Å². The molecule has 1 unspecified atom stereocenters. The normalized spacial score (nSPS) is 25.1. The van der Waals surface area contributed by atoms with Gasteiger partial charge in [0.15, 0.2) is 0 Å². The predicted molar refractivity (Wildman–Crippen MR) is 86.6 cm³/mol. The Balaban J connectivity index is 1.55. The van der Waals surface area contributed by atoms with Gasteiger partial charge in [-0.15, -0.1) is 0 Å². The number of ether oxygens (including phenoxy) is 2. The summed E-state index contributed by atoms with van der Waals surface area (Å²) in [6.45, 7) is 2.12. The quantitative estimate of drug-likeness (QED) is 0.125. The molecular weight excluding hydrogens is 490 g/mol. The van der Waals surface area contributed by atoms with Crippen LogP contribution in [0.4, 0.5) is 0 Å². The van der Waals surface area contributed by atoms with E-state index in [2.05, 4.69) is 29.7 Å². The van der Waals surface area contributed by atoms with Crippen LogP contribution in [0.5, 0.6) is 5.75 Å². The van der Waals surface area contributed by atoms with Crippen molar-refractivity contribution in [1.29, 1.82) is 0 Å². The number of hydrogen-bond donors (Lipinski definition) is 2. The van der Waals surface area contributed by atoms with Crippen molar-refractivity contribution in [2.75, 3.05) is 0 Å². The van der Waals surface area contributed by atoms with Crippen LogP contribution in [-0.2, 0) is 16.1 Å². The maximum atomic E-state index is 12.3. The summed E-state index contributed by atoms with van der Waals surface area (Å²) in [5.74, 6) is -0.150. The Morgan fingerprint density at radius 3 is 2.90 bits per heavy atom. The summed E-state index contributed by atoms with van der Waals surface area (Å²) in [7, 11) is 0. The Morgan fingerprint density at radius 1 is 1.55 bits per heavy atom. The molecule has 1 aromatic rings. The molecule has 2 saturated heterocycles. The molecule has 0 saturated carbocycles. The van der Waals surface area contributed by atoms with E-state index in [0.29, 0.717) is 11.3 Å². The van der Waals surface area contributed by atoms with Crippen LogP contribution in [-0.4, -0.2) is 19.0 Å². The Bertz CT molecular complexity index is 655. The molecule has 0 radical (unpaired) electrons. The molecule has 0 aromatic heterocycles. The van der Waals surface area contributed by atoms with Gasteiger partial charge in [-0.25, -0.2) is 0 Å². The number of cyclic esters (lactones) is 1. The molecule has 106 valence electrons. The minimum absolute atomic E-state index is 0.148. The third-order valence-electron chi connectivity index (χ3n) is 3.56. The number of carbonyl (C=O) groups excluding carboxylic acids is 2. The topological polar surface area (TPSA) is 96.5 Å². The van der Waals surface area contributed by atoms with E-state index in [1.165, 1.54) is 0 Å². The minimum atomic E-state index is -1.20. The Labute approximate surface area is 136 Å². The first-order chi connectivity index (χ1) is 9.44. The van der Waals surface area contributed by atoms with Crippen LogP contribution in [0.25, 0.3) is 0 Å². The van der Waals surface area contributed by atoms with Gasteiger partial charge < -0.3 is 0 Å². The zero-order chi connectivity index (χ0) is 14.1. The fraction of sp³-hybridized carbons (Fsp3) is 0.333. The molecule has 3 heterocycles. The third kappa shape index (κ3) is 1.74. The average Bonchev–Trinajstić information content (AvgIpc) is 3.23. The van der Waals surface area contributed by atoms with Crippen molar-refractivity contribution in [3.05, 3.63) is 29.3 Å². The van der Waals surface area contributed by atoms with Gasteiger partial charge >= 0.3 is 137 Å². The molecule has 8 heteroatoms. The Hall–Kier alpha value is -0.460. The van der Waals surface area contributed by atoms with Crippen molar-refractivity contribution < 1.29 is 19.1 Å². The van der Waals surface area contributed by atoms with Gasteiger partial charge in [0, 0.05) is 0 Å². The molecule has 0 aliphatic carbocycles. The SMILES string of the molecule is CC(I)(C(=O)Oc1ccc2c(c1)COC2=O)C12NI1N2. The number of carbonyl (C=O) groups is 2. The summed E-state index contributed by atoms with van der Waals surface area (Å²) in [5, 5.41) is 0. The van der Waals surface area contributed by atoms with Gasteiger partial charge in [-0.1, -0.05) is 0 Å². The number of hydrogen-bond acceptors (Lipinski definition) is 6. The number of rotatable bonds is 3. The molecule has 1 aromatic carbocycles. The zero-order valence-electron chi connectivity index (χ0n) is 10.3. The summed E-state index contributed by atoms with van der Waals surface area (Å²) < 4.78 is 16.3. The van der Waals surface area contributed by atoms with Crippen molar-refractivity contribution in [2.45, 2.75) is 20.6 Å². The van der Waals surface area contributed by atoms with Crippen molar-refractivity contribution >= 4 is 54.9 Å². The Morgan fingerprint density at radius 2 is 2.25 bits per heavy atom. The summed E-state index contributed by atoms with van der Waals surface area (Å²) >= 11 is 0.936. The van der Waals surface area contributed by atoms with Crippen LogP contribution in [0.1, 0.15) is 22.8 Å². The maximum absolute atomic E-state index is 12.3. The van der Waals surface area contributed by atoms with E-state index in [1.807, 2.05) is 6.92 Å². The fourth-order valence-corrected chi connectivity index (χ4v) is 9.84. The van der Waals surface area contributed by atoms with Gasteiger partial charge in [0.1, 0.15) is 0 Å². The van der Waals surface area contributed by atoms with E-state index in [-0.39, 0.29) is 22.2 Å². The zero-order valence-corrected chi connectivity index (χ0v) is 14.6. The molecule has 3 aliphatic rings. The number of alkyl halides is 2. The molecule has 4 rings (SSSR count). The summed E-state index contributed by atoms with van der Waals surface area (Å²) in [6.07, 6.45) is 0. The van der Waals surface area contributed by atoms with Crippen molar-refractivity contribution in [3.8, 4) is 5.75 Å². The summed E-state index contributed by atoms with van der Waals surface area (Å²) in [5.41, 5.74) is 1.30. The fourth-order valence-electron chi connectivity index (χ4n) is 2.10. The van der Waals surface area contributed by atoms with Gasteiger partial charge in [-0.2, -0.15) is 0 Å². The van der Waals surface area contributed by atoms with Crippen LogP contribution in [0, 0.1) is 0 Å². The third-order valence-corrected chi connectivity index (χ3v) is 10.7. The summed E-state index contributed by atoms with van der Waals surface area (Å²) in [4.78, 5) is 23.7. The number of benzene rings is 1. The molecule has 0 amide bonds. The van der Waals surface area contributed by atoms with Gasteiger partial charge in [0.05, 0.1) is 0 Å². The van der Waals surface area contributed by atoms with Crippen LogP contribution in [0.2, 0.25) is 0 Å². The number of esters is 2. The molecule has 3 aliphatic heterocycles. The van der Waals surface area contributed by atoms with Gasteiger partial charge in [-0.05, 0) is 0 Å². The first kappa shape index (κ1) is 13.2. The molecule has 1 atom stereocenters. The van der Waals surface area contributed by atoms with Crippen molar-refractivity contribution in [1.82, 2.24) is 7.06 Å². The number of halogens is 2. The molecule has 2 N–H and O–H groups in total. The van der Waals surface area contributed by atoms with E-state index in [4.69, 9.17) is 9.47 Å². The van der Waals surface area contributed by atoms with E-state index in [9.17, 15) is 9.59 Å². The van der Waals surface area contributed by atoms with E-state index >= 15 is 0 Å². The van der Waals surface area contributed by atoms with Crippen LogP contribution < -0.4 is 11.8 Å². The molecule has 6 nitrogen and oxygen atoms in total. The van der Waals surface area contributed by atoms with Crippen molar-refractivity contribution in [2.24, 2.45) is 0 Å². The van der Waals surface area contributed by atoms with Gasteiger partial charge in [-0.3, -0.25) is 0 Å². The molecule has 0 bridgehead atoms. The number of fused-ring (bicyclic) bond motifs is 2. The van der Waals surface area contributed by atoms with E-state index in [1.54, 1.807) is 18.2 Å². The monoisotopic (exact) mass is 500 g/mol. The standard InChI is InChI=1S/C12H10I2N2O4/c1-11(13,12-14(15-12)16-12)10(18)20-7-2-3-8-6(4-7)5-19-9(8)17/h2-4,15-16H,5H2,1H3. The molecule has 2 fully saturated rings. The number of nitrogens with one attached hydrogen (secondary N) is 2. The second-order valence-corrected chi connectivity index (χ2v) is 11.4.